The minimum atomic E-state index is 0.166. The number of rotatable bonds is 3. The lowest BCUT2D eigenvalue weighted by Crippen LogP contribution is -2.12. The maximum absolute atomic E-state index is 12.2. The largest absolute Gasteiger partial charge is 0.508 e. The summed E-state index contributed by atoms with van der Waals surface area (Å²) >= 11 is 0. The molecule has 0 aliphatic heterocycles. The maximum atomic E-state index is 12.2. The highest BCUT2D eigenvalue weighted by atomic mass is 16.3. The summed E-state index contributed by atoms with van der Waals surface area (Å²) in [6.45, 7) is 17.6. The van der Waals surface area contributed by atoms with Crippen molar-refractivity contribution in [2.45, 2.75) is 68.2 Å². The first kappa shape index (κ1) is 32.1. The molecule has 0 spiro atoms. The van der Waals surface area contributed by atoms with Crippen molar-refractivity contribution in [2.24, 2.45) is 0 Å². The topological polar surface area (TPSA) is 20.2 Å². The Labute approximate surface area is 297 Å². The van der Waals surface area contributed by atoms with Gasteiger partial charge >= 0.3 is 0 Å². The Balaban J connectivity index is 1.59. The zero-order valence-corrected chi connectivity index (χ0v) is 30.5. The molecule has 50 heavy (non-hydrogen) atoms. The Kier molecular flexibility index (Phi) is 7.57. The number of phenolic OH excluding ortho intramolecular Hbond substituents is 1. The normalized spacial score (nSPS) is 12.7. The molecule has 0 unspecified atom stereocenters. The van der Waals surface area contributed by atoms with Crippen molar-refractivity contribution < 1.29 is 5.11 Å². The number of aromatic hydroxyl groups is 1. The Bertz CT molecular complexity index is 2550. The van der Waals surface area contributed by atoms with Gasteiger partial charge in [0.25, 0.3) is 0 Å². The highest BCUT2D eigenvalue weighted by Gasteiger charge is 2.27. The van der Waals surface area contributed by atoms with E-state index in [1.807, 2.05) is 6.92 Å². The van der Waals surface area contributed by atoms with Gasteiger partial charge < -0.3 is 5.11 Å². The lowest BCUT2D eigenvalue weighted by molar-refractivity contribution is 0.485. The fourth-order valence-corrected chi connectivity index (χ4v) is 8.59. The highest BCUT2D eigenvalue weighted by molar-refractivity contribution is 6.39. The van der Waals surface area contributed by atoms with Crippen LogP contribution in [0.2, 0.25) is 0 Å². The summed E-state index contributed by atoms with van der Waals surface area (Å²) in [6, 6.07) is 27.1. The van der Waals surface area contributed by atoms with E-state index in [0.717, 1.165) is 45.9 Å². The van der Waals surface area contributed by atoms with Crippen LogP contribution in [0, 0.1) is 55.4 Å². The molecule has 0 bridgehead atoms. The molecule has 1 aliphatic carbocycles. The molecular formula is C48H43BO. The highest BCUT2D eigenvalue weighted by Crippen LogP contribution is 2.52. The number of phenols is 1. The minimum absolute atomic E-state index is 0.166. The quantitative estimate of drug-likeness (QED) is 0.150. The number of hydrogen-bond acceptors (Lipinski definition) is 1. The van der Waals surface area contributed by atoms with E-state index in [1.165, 1.54) is 88.3 Å². The Morgan fingerprint density at radius 1 is 0.540 bits per heavy atom. The summed E-state index contributed by atoms with van der Waals surface area (Å²) in [5, 5.41) is 19.0. The van der Waals surface area contributed by atoms with Gasteiger partial charge in [0, 0.05) is 10.9 Å². The van der Waals surface area contributed by atoms with Crippen molar-refractivity contribution in [3.63, 3.8) is 0 Å². The lowest BCUT2D eigenvalue weighted by Gasteiger charge is -2.27. The minimum Gasteiger partial charge on any atom is -0.508 e. The molecule has 0 fully saturated rings. The average molecular weight is 647 g/mol. The number of hydrogen-bond donors (Lipinski definition) is 1. The van der Waals surface area contributed by atoms with E-state index < -0.39 is 0 Å². The van der Waals surface area contributed by atoms with Crippen LogP contribution in [0.5, 0.6) is 5.75 Å². The number of allylic oxidation sites excluding steroid dienone is 1. The number of aryl methyl sites for hydroxylation is 6. The molecule has 1 N–H and O–H groups in total. The van der Waals surface area contributed by atoms with E-state index in [2.05, 4.69) is 133 Å². The Morgan fingerprint density at radius 3 is 1.84 bits per heavy atom. The summed E-state index contributed by atoms with van der Waals surface area (Å²) < 4.78 is 0. The van der Waals surface area contributed by atoms with Crippen LogP contribution in [-0.4, -0.2) is 13.0 Å². The van der Waals surface area contributed by atoms with Gasteiger partial charge in [0.15, 0.2) is 0 Å². The molecule has 0 saturated heterocycles. The molecule has 0 aromatic heterocycles. The van der Waals surface area contributed by atoms with Crippen molar-refractivity contribution >= 4 is 51.7 Å². The summed E-state index contributed by atoms with van der Waals surface area (Å²) in [6.07, 6.45) is 6.68. The third-order valence-electron chi connectivity index (χ3n) is 12.1. The van der Waals surface area contributed by atoms with Crippen LogP contribution in [0.3, 0.4) is 0 Å². The second kappa shape index (κ2) is 11.8. The average Bonchev–Trinajstić information content (AvgIpc) is 3.13. The molecule has 1 nitrogen and oxygen atoms in total. The first-order valence-corrected chi connectivity index (χ1v) is 17.9. The molecule has 7 aromatic carbocycles. The summed E-state index contributed by atoms with van der Waals surface area (Å²) in [5.74, 6) is 0.166. The lowest BCUT2D eigenvalue weighted by atomic mass is 9.75. The van der Waals surface area contributed by atoms with E-state index in [4.69, 9.17) is 7.85 Å². The van der Waals surface area contributed by atoms with Crippen LogP contribution in [-0.2, 0) is 6.42 Å². The van der Waals surface area contributed by atoms with E-state index in [0.29, 0.717) is 5.46 Å². The zero-order valence-electron chi connectivity index (χ0n) is 30.5. The van der Waals surface area contributed by atoms with E-state index in [1.54, 1.807) is 0 Å². The van der Waals surface area contributed by atoms with Gasteiger partial charge in [-0.15, -0.1) is 0 Å². The summed E-state index contributed by atoms with van der Waals surface area (Å²) in [4.78, 5) is 0. The molecular weight excluding hydrogens is 603 g/mol. The van der Waals surface area contributed by atoms with Crippen LogP contribution in [0.1, 0.15) is 62.1 Å². The van der Waals surface area contributed by atoms with Crippen molar-refractivity contribution in [2.75, 3.05) is 0 Å². The van der Waals surface area contributed by atoms with Gasteiger partial charge in [0.2, 0.25) is 0 Å². The summed E-state index contributed by atoms with van der Waals surface area (Å²) in [7, 11) is 6.77. The fraction of sp³-hybridized carbons (Fsp3) is 0.208. The smallest absolute Gasteiger partial charge is 0.119 e. The molecule has 244 valence electrons. The first-order valence-electron chi connectivity index (χ1n) is 17.9. The molecule has 2 heteroatoms. The predicted molar refractivity (Wildman–Crippen MR) is 218 cm³/mol. The number of fused-ring (bicyclic) bond motifs is 4. The molecule has 0 heterocycles. The predicted octanol–water partition coefficient (Wildman–Crippen LogP) is 12.1. The second-order valence-electron chi connectivity index (χ2n) is 14.6. The van der Waals surface area contributed by atoms with Crippen LogP contribution < -0.4 is 5.46 Å². The molecule has 7 aromatic rings. The fourth-order valence-electron chi connectivity index (χ4n) is 8.59. The van der Waals surface area contributed by atoms with Crippen molar-refractivity contribution in [3.05, 3.63) is 135 Å². The maximum Gasteiger partial charge on any atom is 0.119 e. The van der Waals surface area contributed by atoms with Gasteiger partial charge in [-0.1, -0.05) is 96.0 Å². The van der Waals surface area contributed by atoms with Gasteiger partial charge in [-0.3, -0.25) is 0 Å². The van der Waals surface area contributed by atoms with Gasteiger partial charge in [-0.2, -0.15) is 0 Å². The molecule has 0 atom stereocenters. The van der Waals surface area contributed by atoms with Gasteiger partial charge in [0.05, 0.1) is 0 Å². The number of benzene rings is 7. The van der Waals surface area contributed by atoms with Crippen molar-refractivity contribution in [1.82, 2.24) is 0 Å². The van der Waals surface area contributed by atoms with E-state index in [9.17, 15) is 5.11 Å². The third kappa shape index (κ3) is 4.61. The zero-order chi connectivity index (χ0) is 35.2. The summed E-state index contributed by atoms with van der Waals surface area (Å²) in [5.41, 5.74) is 19.7. The molecule has 0 saturated carbocycles. The first-order chi connectivity index (χ1) is 24.0. The SMILES string of the molecule is [B]c1c(C)c(C)c2c(-c3cccc4c(-c5ccc6c(c5)CCC=C6)cccc34)c3c(C)c(C)c(C)c(C)c3c(-c3ccc(C)c(C)c3)c2c1O. The van der Waals surface area contributed by atoms with Gasteiger partial charge in [0.1, 0.15) is 13.6 Å². The second-order valence-corrected chi connectivity index (χ2v) is 14.6. The Hall–Kier alpha value is -5.08. The van der Waals surface area contributed by atoms with Crippen LogP contribution in [0.4, 0.5) is 0 Å². The molecule has 8 rings (SSSR count). The van der Waals surface area contributed by atoms with Crippen LogP contribution >= 0.6 is 0 Å². The van der Waals surface area contributed by atoms with Crippen LogP contribution in [0.25, 0.3) is 71.8 Å². The van der Waals surface area contributed by atoms with E-state index in [-0.39, 0.29) is 5.75 Å². The van der Waals surface area contributed by atoms with Crippen molar-refractivity contribution in [3.8, 4) is 39.1 Å². The van der Waals surface area contributed by atoms with Crippen LogP contribution in [0.15, 0.2) is 78.9 Å². The van der Waals surface area contributed by atoms with Gasteiger partial charge in [-0.25, -0.2) is 0 Å². The third-order valence-corrected chi connectivity index (χ3v) is 12.1. The molecule has 1 aliphatic rings. The van der Waals surface area contributed by atoms with E-state index >= 15 is 0 Å². The molecule has 0 amide bonds. The van der Waals surface area contributed by atoms with Crippen molar-refractivity contribution in [1.29, 1.82) is 0 Å². The molecule has 2 radical (unpaired) electrons. The monoisotopic (exact) mass is 646 g/mol. The standard InChI is InChI=1S/C48H43BO/c1-25-19-20-36(23-26(25)2)44-41-29(5)27(3)28(4)30(6)42(41)45(43-31(7)32(8)47(49)48(50)46(43)44)40-18-12-16-38-37(15-11-17-39(38)40)35-22-21-33-13-9-10-14-34(33)24-35/h9,11-13,15-24,50H,10,14H2,1-8H3. The Morgan fingerprint density at radius 2 is 1.14 bits per heavy atom. The van der Waals surface area contributed by atoms with Gasteiger partial charge in [-0.05, 0) is 173 Å².